The largest absolute Gasteiger partial charge is 0.375 e. The van der Waals surface area contributed by atoms with E-state index in [9.17, 15) is 0 Å². The molecule has 0 saturated heterocycles. The molecular formula is C8H10N4S3. The summed E-state index contributed by atoms with van der Waals surface area (Å²) in [6, 6.07) is 0. The second-order valence-corrected chi connectivity index (χ2v) is 5.66. The number of aromatic nitrogens is 3. The summed E-state index contributed by atoms with van der Waals surface area (Å²) in [6.45, 7) is 2.05. The fourth-order valence-electron chi connectivity index (χ4n) is 0.965. The highest BCUT2D eigenvalue weighted by atomic mass is 32.2. The summed E-state index contributed by atoms with van der Waals surface area (Å²) >= 11 is 4.57. The second kappa shape index (κ2) is 4.91. The van der Waals surface area contributed by atoms with Crippen LogP contribution in [-0.2, 0) is 12.2 Å². The lowest BCUT2D eigenvalue weighted by Gasteiger charge is -1.91. The standard InChI is InChI=1S/C8H10N4S3/c1-2-6-11-8(15-12-6)14-4-5-3-13-7(9)10-5/h3H,2,4H2,1H3,(H2,9,10). The van der Waals surface area contributed by atoms with Gasteiger partial charge in [-0.05, 0) is 11.5 Å². The molecule has 2 aromatic rings. The van der Waals surface area contributed by atoms with Crippen LogP contribution >= 0.6 is 34.6 Å². The molecule has 0 bridgehead atoms. The summed E-state index contributed by atoms with van der Waals surface area (Å²) in [4.78, 5) is 8.55. The first-order chi connectivity index (χ1) is 7.28. The summed E-state index contributed by atoms with van der Waals surface area (Å²) in [5, 5.41) is 2.60. The van der Waals surface area contributed by atoms with Crippen molar-refractivity contribution in [3.8, 4) is 0 Å². The van der Waals surface area contributed by atoms with Gasteiger partial charge in [0, 0.05) is 17.6 Å². The van der Waals surface area contributed by atoms with E-state index in [1.807, 2.05) is 5.38 Å². The highest BCUT2D eigenvalue weighted by Gasteiger charge is 2.05. The lowest BCUT2D eigenvalue weighted by Crippen LogP contribution is -1.85. The van der Waals surface area contributed by atoms with E-state index < -0.39 is 0 Å². The van der Waals surface area contributed by atoms with Crippen molar-refractivity contribution in [1.29, 1.82) is 0 Å². The normalized spacial score (nSPS) is 10.7. The number of nitrogens with two attached hydrogens (primary N) is 1. The van der Waals surface area contributed by atoms with E-state index in [2.05, 4.69) is 21.3 Å². The van der Waals surface area contributed by atoms with Crippen LogP contribution < -0.4 is 5.73 Å². The average Bonchev–Trinajstić information content (AvgIpc) is 2.83. The van der Waals surface area contributed by atoms with Crippen LogP contribution in [0.1, 0.15) is 18.4 Å². The fourth-order valence-corrected chi connectivity index (χ4v) is 3.22. The van der Waals surface area contributed by atoms with Gasteiger partial charge in [-0.25, -0.2) is 9.97 Å². The zero-order chi connectivity index (χ0) is 10.7. The van der Waals surface area contributed by atoms with E-state index in [-0.39, 0.29) is 0 Å². The minimum atomic E-state index is 0.622. The van der Waals surface area contributed by atoms with Crippen molar-refractivity contribution in [2.75, 3.05) is 5.73 Å². The molecule has 0 amide bonds. The Bertz CT molecular complexity index is 437. The first-order valence-electron chi connectivity index (χ1n) is 4.43. The number of anilines is 1. The monoisotopic (exact) mass is 258 g/mol. The number of nitrogens with zero attached hydrogens (tertiary/aromatic N) is 3. The van der Waals surface area contributed by atoms with E-state index in [1.54, 1.807) is 11.8 Å². The van der Waals surface area contributed by atoms with Crippen molar-refractivity contribution in [2.24, 2.45) is 0 Å². The Kier molecular flexibility index (Phi) is 3.55. The van der Waals surface area contributed by atoms with Crippen LogP contribution in [0.2, 0.25) is 0 Å². The molecule has 0 aromatic carbocycles. The molecule has 80 valence electrons. The molecule has 4 nitrogen and oxygen atoms in total. The van der Waals surface area contributed by atoms with Crippen LogP contribution in [0.5, 0.6) is 0 Å². The summed E-state index contributed by atoms with van der Waals surface area (Å²) in [7, 11) is 0. The molecule has 0 aliphatic carbocycles. The maximum absolute atomic E-state index is 5.55. The quantitative estimate of drug-likeness (QED) is 0.853. The van der Waals surface area contributed by atoms with Gasteiger partial charge < -0.3 is 5.73 Å². The van der Waals surface area contributed by atoms with Crippen LogP contribution in [-0.4, -0.2) is 14.3 Å². The number of aryl methyl sites for hydroxylation is 1. The van der Waals surface area contributed by atoms with Gasteiger partial charge in [0.2, 0.25) is 0 Å². The fraction of sp³-hybridized carbons (Fsp3) is 0.375. The number of nitrogen functional groups attached to an aromatic ring is 1. The maximum atomic E-state index is 5.55. The van der Waals surface area contributed by atoms with Crippen LogP contribution in [0.15, 0.2) is 9.72 Å². The number of thiazole rings is 1. The van der Waals surface area contributed by atoms with Gasteiger partial charge in [-0.2, -0.15) is 4.37 Å². The maximum Gasteiger partial charge on any atom is 0.180 e. The predicted octanol–water partition coefficient (Wildman–Crippen LogP) is 2.43. The Morgan fingerprint density at radius 2 is 2.33 bits per heavy atom. The van der Waals surface area contributed by atoms with E-state index in [4.69, 9.17) is 5.73 Å². The molecule has 2 rings (SSSR count). The van der Waals surface area contributed by atoms with E-state index >= 15 is 0 Å². The first kappa shape index (κ1) is 10.8. The van der Waals surface area contributed by atoms with Crippen molar-refractivity contribution in [3.05, 3.63) is 16.9 Å². The Morgan fingerprint density at radius 1 is 1.47 bits per heavy atom. The summed E-state index contributed by atoms with van der Waals surface area (Å²) < 4.78 is 5.22. The van der Waals surface area contributed by atoms with Crippen LogP contribution in [0.3, 0.4) is 0 Å². The van der Waals surface area contributed by atoms with E-state index in [1.165, 1.54) is 22.9 Å². The van der Waals surface area contributed by atoms with Crippen molar-refractivity contribution < 1.29 is 0 Å². The summed E-state index contributed by atoms with van der Waals surface area (Å²) in [6.07, 6.45) is 0.890. The highest BCUT2D eigenvalue weighted by Crippen LogP contribution is 2.25. The predicted molar refractivity (Wildman–Crippen MR) is 65.4 cm³/mol. The number of rotatable bonds is 4. The van der Waals surface area contributed by atoms with Crippen molar-refractivity contribution in [3.63, 3.8) is 0 Å². The van der Waals surface area contributed by atoms with E-state index in [0.29, 0.717) is 5.13 Å². The molecule has 2 N–H and O–H groups in total. The lowest BCUT2D eigenvalue weighted by atomic mass is 10.5. The zero-order valence-corrected chi connectivity index (χ0v) is 10.6. The SMILES string of the molecule is CCc1nsc(SCc2csc(N)n2)n1. The molecule has 0 fully saturated rings. The van der Waals surface area contributed by atoms with Crippen LogP contribution in [0, 0.1) is 0 Å². The molecule has 2 heterocycles. The van der Waals surface area contributed by atoms with Gasteiger partial charge in [-0.15, -0.1) is 11.3 Å². The van der Waals surface area contributed by atoms with Gasteiger partial charge in [-0.3, -0.25) is 0 Å². The third-order valence-electron chi connectivity index (χ3n) is 1.68. The van der Waals surface area contributed by atoms with Crippen LogP contribution in [0.25, 0.3) is 0 Å². The molecule has 0 spiro atoms. The first-order valence-corrected chi connectivity index (χ1v) is 7.07. The zero-order valence-electron chi connectivity index (χ0n) is 8.14. The third kappa shape index (κ3) is 2.90. The topological polar surface area (TPSA) is 64.7 Å². The van der Waals surface area contributed by atoms with Crippen molar-refractivity contribution >= 4 is 39.8 Å². The van der Waals surface area contributed by atoms with Gasteiger partial charge in [0.15, 0.2) is 9.47 Å². The number of thioether (sulfide) groups is 1. The number of hydrogen-bond donors (Lipinski definition) is 1. The molecule has 7 heteroatoms. The van der Waals surface area contributed by atoms with Crippen molar-refractivity contribution in [1.82, 2.24) is 14.3 Å². The molecular weight excluding hydrogens is 248 g/mol. The third-order valence-corrected chi connectivity index (χ3v) is 4.31. The summed E-state index contributed by atoms with van der Waals surface area (Å²) in [5.41, 5.74) is 6.56. The Morgan fingerprint density at radius 3 is 2.93 bits per heavy atom. The highest BCUT2D eigenvalue weighted by molar-refractivity contribution is 8.00. The minimum Gasteiger partial charge on any atom is -0.375 e. The average molecular weight is 258 g/mol. The van der Waals surface area contributed by atoms with Gasteiger partial charge in [-0.1, -0.05) is 18.7 Å². The Hall–Kier alpha value is -0.660. The van der Waals surface area contributed by atoms with Crippen LogP contribution in [0.4, 0.5) is 5.13 Å². The second-order valence-electron chi connectivity index (χ2n) is 2.80. The van der Waals surface area contributed by atoms with E-state index in [0.717, 1.165) is 28.0 Å². The summed E-state index contributed by atoms with van der Waals surface area (Å²) in [5.74, 6) is 1.73. The lowest BCUT2D eigenvalue weighted by molar-refractivity contribution is 0.971. The van der Waals surface area contributed by atoms with Gasteiger partial charge in [0.05, 0.1) is 5.69 Å². The number of hydrogen-bond acceptors (Lipinski definition) is 7. The molecule has 0 unspecified atom stereocenters. The molecule has 0 saturated carbocycles. The smallest absolute Gasteiger partial charge is 0.180 e. The Labute approximate surface area is 100 Å². The molecule has 0 aliphatic rings. The van der Waals surface area contributed by atoms with Gasteiger partial charge in [0.1, 0.15) is 5.82 Å². The molecule has 0 radical (unpaired) electrons. The molecule has 0 aliphatic heterocycles. The van der Waals surface area contributed by atoms with Gasteiger partial charge in [0.25, 0.3) is 0 Å². The Balaban J connectivity index is 1.93. The minimum absolute atomic E-state index is 0.622. The van der Waals surface area contributed by atoms with Crippen molar-refractivity contribution in [2.45, 2.75) is 23.4 Å². The molecule has 0 atom stereocenters. The molecule has 2 aromatic heterocycles. The van der Waals surface area contributed by atoms with Gasteiger partial charge >= 0.3 is 0 Å². The molecule has 15 heavy (non-hydrogen) atoms.